The molecule has 2 N–H and O–H groups in total. The summed E-state index contributed by atoms with van der Waals surface area (Å²) in [5.41, 5.74) is 6.44. The Morgan fingerprint density at radius 2 is 2.14 bits per heavy atom. The van der Waals surface area contributed by atoms with Crippen LogP contribution < -0.4 is 5.73 Å². The van der Waals surface area contributed by atoms with Crippen LogP contribution in [0.15, 0.2) is 12.4 Å². The lowest BCUT2D eigenvalue weighted by Crippen LogP contribution is -2.23. The lowest BCUT2D eigenvalue weighted by Gasteiger charge is -2.32. The van der Waals surface area contributed by atoms with Crippen LogP contribution in [-0.2, 0) is 0 Å². The van der Waals surface area contributed by atoms with Crippen LogP contribution in [0.25, 0.3) is 0 Å². The Kier molecular flexibility index (Phi) is 2.48. The summed E-state index contributed by atoms with van der Waals surface area (Å²) in [5, 5.41) is 4.29. The number of hydrogen-bond acceptors (Lipinski definition) is 2. The van der Waals surface area contributed by atoms with E-state index in [4.69, 9.17) is 5.73 Å². The van der Waals surface area contributed by atoms with Gasteiger partial charge in [0, 0.05) is 6.20 Å². The lowest BCUT2D eigenvalue weighted by molar-refractivity contribution is 0.201. The number of hydrogen-bond donors (Lipinski definition) is 1. The average Bonchev–Trinajstić information content (AvgIpc) is 2.57. The Balaban J connectivity index is 2.06. The summed E-state index contributed by atoms with van der Waals surface area (Å²) in [4.78, 5) is 0. The summed E-state index contributed by atoms with van der Waals surface area (Å²) in [7, 11) is 0. The topological polar surface area (TPSA) is 43.8 Å². The van der Waals surface area contributed by atoms with Gasteiger partial charge in [-0.1, -0.05) is 13.8 Å². The molecule has 1 fully saturated rings. The minimum Gasteiger partial charge on any atom is -0.396 e. The minimum absolute atomic E-state index is 0.568. The van der Waals surface area contributed by atoms with E-state index in [1.807, 2.05) is 10.9 Å². The van der Waals surface area contributed by atoms with Gasteiger partial charge in [-0.3, -0.25) is 4.68 Å². The van der Waals surface area contributed by atoms with Crippen LogP contribution in [0.3, 0.4) is 0 Å². The smallest absolute Gasteiger partial charge is 0.0719 e. The van der Waals surface area contributed by atoms with E-state index in [0.29, 0.717) is 6.04 Å². The van der Waals surface area contributed by atoms with E-state index in [-0.39, 0.29) is 0 Å². The van der Waals surface area contributed by atoms with Gasteiger partial charge in [0.15, 0.2) is 0 Å². The number of aromatic nitrogens is 2. The first-order valence-electron chi connectivity index (χ1n) is 5.46. The SMILES string of the molecule is CC1CCC(n2cc(N)cn2)CC1C. The molecule has 0 saturated heterocycles. The molecule has 0 spiro atoms. The van der Waals surface area contributed by atoms with Crippen molar-refractivity contribution in [2.45, 2.75) is 39.2 Å². The maximum Gasteiger partial charge on any atom is 0.0719 e. The van der Waals surface area contributed by atoms with Gasteiger partial charge in [-0.05, 0) is 31.1 Å². The summed E-state index contributed by atoms with van der Waals surface area (Å²) >= 11 is 0. The average molecular weight is 193 g/mol. The number of anilines is 1. The Morgan fingerprint density at radius 3 is 2.71 bits per heavy atom. The monoisotopic (exact) mass is 193 g/mol. The normalized spacial score (nSPS) is 33.1. The van der Waals surface area contributed by atoms with Gasteiger partial charge in [-0.2, -0.15) is 5.10 Å². The molecule has 78 valence electrons. The van der Waals surface area contributed by atoms with Gasteiger partial charge in [-0.15, -0.1) is 0 Å². The van der Waals surface area contributed by atoms with E-state index in [2.05, 4.69) is 18.9 Å². The molecular weight excluding hydrogens is 174 g/mol. The first-order valence-corrected chi connectivity index (χ1v) is 5.46. The number of nitrogen functional groups attached to an aromatic ring is 1. The van der Waals surface area contributed by atoms with Crippen LogP contribution in [0, 0.1) is 11.8 Å². The number of nitrogens with two attached hydrogens (primary N) is 1. The molecule has 0 amide bonds. The van der Waals surface area contributed by atoms with Crippen LogP contribution in [0.2, 0.25) is 0 Å². The van der Waals surface area contributed by atoms with Gasteiger partial charge in [0.25, 0.3) is 0 Å². The highest BCUT2D eigenvalue weighted by Crippen LogP contribution is 2.35. The van der Waals surface area contributed by atoms with Crippen molar-refractivity contribution in [3.05, 3.63) is 12.4 Å². The van der Waals surface area contributed by atoms with E-state index < -0.39 is 0 Å². The van der Waals surface area contributed by atoms with Crippen molar-refractivity contribution >= 4 is 5.69 Å². The van der Waals surface area contributed by atoms with Gasteiger partial charge in [0.1, 0.15) is 0 Å². The van der Waals surface area contributed by atoms with Crippen molar-refractivity contribution in [3.63, 3.8) is 0 Å². The largest absolute Gasteiger partial charge is 0.396 e. The van der Waals surface area contributed by atoms with E-state index in [0.717, 1.165) is 17.5 Å². The van der Waals surface area contributed by atoms with Crippen molar-refractivity contribution < 1.29 is 0 Å². The second kappa shape index (κ2) is 3.64. The highest BCUT2D eigenvalue weighted by atomic mass is 15.3. The molecule has 2 rings (SSSR count). The first-order chi connectivity index (χ1) is 6.66. The lowest BCUT2D eigenvalue weighted by atomic mass is 9.79. The van der Waals surface area contributed by atoms with Gasteiger partial charge in [0.2, 0.25) is 0 Å². The standard InChI is InChI=1S/C11H19N3/c1-8-3-4-11(5-9(8)2)14-7-10(12)6-13-14/h6-9,11H,3-5,12H2,1-2H3. The first kappa shape index (κ1) is 9.56. The summed E-state index contributed by atoms with van der Waals surface area (Å²) in [6.45, 7) is 4.68. The quantitative estimate of drug-likeness (QED) is 0.744. The predicted octanol–water partition coefficient (Wildman–Crippen LogP) is 2.46. The van der Waals surface area contributed by atoms with Crippen molar-refractivity contribution in [2.24, 2.45) is 11.8 Å². The zero-order chi connectivity index (χ0) is 10.1. The Morgan fingerprint density at radius 1 is 1.36 bits per heavy atom. The van der Waals surface area contributed by atoms with E-state index in [1.54, 1.807) is 6.20 Å². The minimum atomic E-state index is 0.568. The third kappa shape index (κ3) is 1.76. The summed E-state index contributed by atoms with van der Waals surface area (Å²) in [6.07, 6.45) is 7.48. The van der Waals surface area contributed by atoms with Crippen LogP contribution in [0.1, 0.15) is 39.2 Å². The second-order valence-corrected chi connectivity index (χ2v) is 4.68. The van der Waals surface area contributed by atoms with Crippen molar-refractivity contribution in [2.75, 3.05) is 5.73 Å². The molecule has 0 bridgehead atoms. The molecule has 1 aliphatic carbocycles. The third-order valence-electron chi connectivity index (χ3n) is 3.57. The van der Waals surface area contributed by atoms with Crippen LogP contribution in [0.4, 0.5) is 5.69 Å². The van der Waals surface area contributed by atoms with Crippen molar-refractivity contribution in [3.8, 4) is 0 Å². The zero-order valence-electron chi connectivity index (χ0n) is 8.98. The van der Waals surface area contributed by atoms with Crippen LogP contribution >= 0.6 is 0 Å². The zero-order valence-corrected chi connectivity index (χ0v) is 8.98. The van der Waals surface area contributed by atoms with Crippen molar-refractivity contribution in [1.29, 1.82) is 0 Å². The molecule has 0 aliphatic heterocycles. The fraction of sp³-hybridized carbons (Fsp3) is 0.727. The molecule has 3 atom stereocenters. The summed E-state index contributed by atoms with van der Waals surface area (Å²) < 4.78 is 2.04. The number of nitrogens with zero attached hydrogens (tertiary/aromatic N) is 2. The highest BCUT2D eigenvalue weighted by Gasteiger charge is 2.25. The summed E-state index contributed by atoms with van der Waals surface area (Å²) in [6, 6.07) is 0.568. The molecular formula is C11H19N3. The van der Waals surface area contributed by atoms with Gasteiger partial charge in [-0.25, -0.2) is 0 Å². The number of rotatable bonds is 1. The highest BCUT2D eigenvalue weighted by molar-refractivity contribution is 5.30. The molecule has 1 aliphatic rings. The van der Waals surface area contributed by atoms with E-state index in [9.17, 15) is 0 Å². The molecule has 14 heavy (non-hydrogen) atoms. The maximum absolute atomic E-state index is 5.66. The fourth-order valence-corrected chi connectivity index (χ4v) is 2.31. The third-order valence-corrected chi connectivity index (χ3v) is 3.57. The molecule has 0 aromatic carbocycles. The molecule has 1 aromatic heterocycles. The fourth-order valence-electron chi connectivity index (χ4n) is 2.31. The van der Waals surface area contributed by atoms with Crippen LogP contribution in [-0.4, -0.2) is 9.78 Å². The molecule has 3 heteroatoms. The molecule has 3 unspecified atom stereocenters. The van der Waals surface area contributed by atoms with E-state index in [1.165, 1.54) is 19.3 Å². The molecule has 3 nitrogen and oxygen atoms in total. The van der Waals surface area contributed by atoms with Crippen LogP contribution in [0.5, 0.6) is 0 Å². The van der Waals surface area contributed by atoms with Gasteiger partial charge < -0.3 is 5.73 Å². The Hall–Kier alpha value is -0.990. The second-order valence-electron chi connectivity index (χ2n) is 4.68. The summed E-state index contributed by atoms with van der Waals surface area (Å²) in [5.74, 6) is 1.67. The van der Waals surface area contributed by atoms with Gasteiger partial charge in [0.05, 0.1) is 17.9 Å². The van der Waals surface area contributed by atoms with E-state index >= 15 is 0 Å². The van der Waals surface area contributed by atoms with Crippen molar-refractivity contribution in [1.82, 2.24) is 9.78 Å². The Bertz CT molecular complexity index is 305. The molecule has 1 heterocycles. The predicted molar refractivity (Wildman–Crippen MR) is 57.9 cm³/mol. The molecule has 0 radical (unpaired) electrons. The molecule has 1 aromatic rings. The maximum atomic E-state index is 5.66. The molecule has 1 saturated carbocycles. The van der Waals surface area contributed by atoms with Gasteiger partial charge >= 0.3 is 0 Å². The Labute approximate surface area is 85.3 Å².